The zero-order valence-corrected chi connectivity index (χ0v) is 16.2. The number of nitrogens with zero attached hydrogens (tertiary/aromatic N) is 1. The number of nitrogens with one attached hydrogen (secondary N) is 1. The average molecular weight is 390 g/mol. The van der Waals surface area contributed by atoms with E-state index in [4.69, 9.17) is 9.47 Å². The van der Waals surface area contributed by atoms with E-state index in [0.717, 1.165) is 16.1 Å². The van der Waals surface area contributed by atoms with E-state index in [1.165, 1.54) is 7.05 Å². The highest BCUT2D eigenvalue weighted by molar-refractivity contribution is 7.92. The van der Waals surface area contributed by atoms with Crippen LogP contribution in [-0.2, 0) is 10.0 Å². The second kappa shape index (κ2) is 7.48. The van der Waals surface area contributed by atoms with E-state index in [1.54, 1.807) is 24.3 Å². The van der Waals surface area contributed by atoms with Gasteiger partial charge < -0.3 is 14.8 Å². The number of anilines is 1. The zero-order chi connectivity index (χ0) is 19.6. The molecule has 1 aliphatic rings. The molecule has 2 aromatic rings. The Kier molecular flexibility index (Phi) is 5.27. The third kappa shape index (κ3) is 4.33. The lowest BCUT2D eigenvalue weighted by Crippen LogP contribution is -2.27. The van der Waals surface area contributed by atoms with E-state index >= 15 is 0 Å². The lowest BCUT2D eigenvalue weighted by molar-refractivity contribution is 0.0939. The minimum Gasteiger partial charge on any atom is -0.486 e. The summed E-state index contributed by atoms with van der Waals surface area (Å²) in [4.78, 5) is 12.5. The molecule has 0 aromatic heterocycles. The van der Waals surface area contributed by atoms with E-state index < -0.39 is 10.0 Å². The molecule has 1 amide bonds. The van der Waals surface area contributed by atoms with Gasteiger partial charge in [0, 0.05) is 12.6 Å². The van der Waals surface area contributed by atoms with Crippen LogP contribution in [0.25, 0.3) is 0 Å². The van der Waals surface area contributed by atoms with Crippen LogP contribution in [0.3, 0.4) is 0 Å². The van der Waals surface area contributed by atoms with Crippen LogP contribution >= 0.6 is 0 Å². The fraction of sp³-hybridized carbons (Fsp3) is 0.316. The molecule has 0 saturated heterocycles. The first-order valence-corrected chi connectivity index (χ1v) is 10.3. The molecule has 0 spiro atoms. The lowest BCUT2D eigenvalue weighted by atomic mass is 10.1. The summed E-state index contributed by atoms with van der Waals surface area (Å²) in [5, 5.41) is 2.93. The van der Waals surface area contributed by atoms with Gasteiger partial charge in [0.15, 0.2) is 11.5 Å². The van der Waals surface area contributed by atoms with Crippen molar-refractivity contribution in [2.45, 2.75) is 13.0 Å². The van der Waals surface area contributed by atoms with Gasteiger partial charge in [0.1, 0.15) is 13.2 Å². The number of ether oxygens (including phenoxy) is 2. The largest absolute Gasteiger partial charge is 0.486 e. The predicted molar refractivity (Wildman–Crippen MR) is 103 cm³/mol. The van der Waals surface area contributed by atoms with Crippen LogP contribution in [0.4, 0.5) is 5.69 Å². The van der Waals surface area contributed by atoms with Gasteiger partial charge in [-0.3, -0.25) is 9.10 Å². The van der Waals surface area contributed by atoms with Crippen LogP contribution in [0.2, 0.25) is 0 Å². The van der Waals surface area contributed by atoms with Crippen LogP contribution in [0.15, 0.2) is 42.5 Å². The lowest BCUT2D eigenvalue weighted by Gasteiger charge is -2.21. The molecule has 1 N–H and O–H groups in total. The van der Waals surface area contributed by atoms with Crippen LogP contribution in [-0.4, -0.2) is 40.8 Å². The van der Waals surface area contributed by atoms with Gasteiger partial charge in [-0.15, -0.1) is 0 Å². The number of carbonyl (C=O) groups excluding carboxylic acids is 1. The Morgan fingerprint density at radius 3 is 2.33 bits per heavy atom. The zero-order valence-electron chi connectivity index (χ0n) is 15.4. The van der Waals surface area contributed by atoms with Crippen molar-refractivity contribution in [3.05, 3.63) is 53.6 Å². The molecule has 7 nitrogen and oxygen atoms in total. The van der Waals surface area contributed by atoms with Gasteiger partial charge in [-0.25, -0.2) is 8.42 Å². The highest BCUT2D eigenvalue weighted by Gasteiger charge is 2.17. The number of amides is 1. The molecule has 1 heterocycles. The van der Waals surface area contributed by atoms with Gasteiger partial charge in [-0.05, 0) is 48.9 Å². The average Bonchev–Trinajstić information content (AvgIpc) is 2.66. The molecule has 0 unspecified atom stereocenters. The van der Waals surface area contributed by atoms with Crippen molar-refractivity contribution < 1.29 is 22.7 Å². The Hall–Kier alpha value is -2.74. The summed E-state index contributed by atoms with van der Waals surface area (Å²) in [5.41, 5.74) is 1.85. The molecular weight excluding hydrogens is 368 g/mol. The van der Waals surface area contributed by atoms with E-state index in [1.807, 2.05) is 25.1 Å². The fourth-order valence-electron chi connectivity index (χ4n) is 2.71. The maximum absolute atomic E-state index is 12.5. The Balaban J connectivity index is 1.69. The summed E-state index contributed by atoms with van der Waals surface area (Å²) in [6.07, 6.45) is 1.13. The van der Waals surface area contributed by atoms with Gasteiger partial charge >= 0.3 is 0 Å². The highest BCUT2D eigenvalue weighted by Crippen LogP contribution is 2.32. The van der Waals surface area contributed by atoms with Gasteiger partial charge in [-0.1, -0.05) is 6.07 Å². The number of hydrogen-bond acceptors (Lipinski definition) is 5. The quantitative estimate of drug-likeness (QED) is 0.847. The summed E-state index contributed by atoms with van der Waals surface area (Å²) in [7, 11) is -1.87. The van der Waals surface area contributed by atoms with E-state index in [9.17, 15) is 13.2 Å². The maximum atomic E-state index is 12.5. The molecule has 0 radical (unpaired) electrons. The molecule has 0 saturated carbocycles. The topological polar surface area (TPSA) is 84.9 Å². The monoisotopic (exact) mass is 390 g/mol. The molecule has 0 aliphatic carbocycles. The maximum Gasteiger partial charge on any atom is 0.251 e. The third-order valence-corrected chi connectivity index (χ3v) is 5.61. The molecule has 0 fully saturated rings. The van der Waals surface area contributed by atoms with Crippen molar-refractivity contribution in [3.8, 4) is 11.5 Å². The summed E-state index contributed by atoms with van der Waals surface area (Å²) in [5.74, 6) is 1.13. The number of hydrogen-bond donors (Lipinski definition) is 1. The number of fused-ring (bicyclic) bond motifs is 1. The molecule has 0 bridgehead atoms. The van der Waals surface area contributed by atoms with Crippen LogP contribution in [0.1, 0.15) is 28.9 Å². The molecule has 144 valence electrons. The summed E-state index contributed by atoms with van der Waals surface area (Å²) in [6.45, 7) is 2.92. The molecule has 1 atom stereocenters. The van der Waals surface area contributed by atoms with E-state index in [-0.39, 0.29) is 11.9 Å². The fourth-order valence-corrected chi connectivity index (χ4v) is 3.21. The molecule has 1 aliphatic heterocycles. The van der Waals surface area contributed by atoms with Crippen LogP contribution in [0, 0.1) is 0 Å². The summed E-state index contributed by atoms with van der Waals surface area (Å²) < 4.78 is 35.4. The standard InChI is InChI=1S/C19H22N2O5S/c1-13(15-6-9-17-18(12-15)26-11-10-25-17)20-19(22)14-4-7-16(8-5-14)21(2)27(3,23)24/h4-9,12-13H,10-11H2,1-3H3,(H,20,22)/t13-/m0/s1. The molecule has 2 aromatic carbocycles. The van der Waals surface area contributed by atoms with Crippen molar-refractivity contribution in [3.63, 3.8) is 0 Å². The number of rotatable bonds is 5. The Bertz CT molecular complexity index is 941. The molecular formula is C19H22N2O5S. The minimum absolute atomic E-state index is 0.230. The Morgan fingerprint density at radius 2 is 1.70 bits per heavy atom. The van der Waals surface area contributed by atoms with Crippen LogP contribution < -0.4 is 19.1 Å². The molecule has 27 heavy (non-hydrogen) atoms. The van der Waals surface area contributed by atoms with Gasteiger partial charge in [0.2, 0.25) is 10.0 Å². The first-order valence-electron chi connectivity index (χ1n) is 8.50. The Labute approximate surface area is 158 Å². The number of benzene rings is 2. The smallest absolute Gasteiger partial charge is 0.251 e. The van der Waals surface area contributed by atoms with Gasteiger partial charge in [-0.2, -0.15) is 0 Å². The third-order valence-electron chi connectivity index (χ3n) is 4.40. The van der Waals surface area contributed by atoms with E-state index in [0.29, 0.717) is 36.0 Å². The highest BCUT2D eigenvalue weighted by atomic mass is 32.2. The van der Waals surface area contributed by atoms with Crippen molar-refractivity contribution in [2.75, 3.05) is 30.8 Å². The normalized spacial score (nSPS) is 14.3. The second-order valence-electron chi connectivity index (χ2n) is 6.38. The Morgan fingerprint density at radius 1 is 1.07 bits per heavy atom. The number of sulfonamides is 1. The van der Waals surface area contributed by atoms with Crippen molar-refractivity contribution >= 4 is 21.6 Å². The summed E-state index contributed by atoms with van der Waals surface area (Å²) in [6, 6.07) is 11.8. The second-order valence-corrected chi connectivity index (χ2v) is 8.39. The van der Waals surface area contributed by atoms with Gasteiger partial charge in [0.25, 0.3) is 5.91 Å². The first kappa shape index (κ1) is 19.0. The minimum atomic E-state index is -3.34. The SMILES string of the molecule is C[C@H](NC(=O)c1ccc(N(C)S(C)(=O)=O)cc1)c1ccc2c(c1)OCCO2. The molecule has 8 heteroatoms. The van der Waals surface area contributed by atoms with E-state index in [2.05, 4.69) is 5.32 Å². The first-order chi connectivity index (χ1) is 12.8. The van der Waals surface area contributed by atoms with Crippen molar-refractivity contribution in [1.29, 1.82) is 0 Å². The van der Waals surface area contributed by atoms with Crippen molar-refractivity contribution in [2.24, 2.45) is 0 Å². The number of carbonyl (C=O) groups is 1. The predicted octanol–water partition coefficient (Wildman–Crippen LogP) is 2.34. The summed E-state index contributed by atoms with van der Waals surface area (Å²) >= 11 is 0. The molecule has 3 rings (SSSR count). The van der Waals surface area contributed by atoms with Gasteiger partial charge in [0.05, 0.1) is 18.0 Å². The van der Waals surface area contributed by atoms with Crippen LogP contribution in [0.5, 0.6) is 11.5 Å². The van der Waals surface area contributed by atoms with Crippen molar-refractivity contribution in [1.82, 2.24) is 5.32 Å².